The number of nitrogens with one attached hydrogen (secondary N) is 1. The third kappa shape index (κ3) is 6.51. The summed E-state index contributed by atoms with van der Waals surface area (Å²) in [5.74, 6) is 0.331. The Labute approximate surface area is 183 Å². The van der Waals surface area contributed by atoms with Gasteiger partial charge in [-0.05, 0) is 35.9 Å². The lowest BCUT2D eigenvalue weighted by molar-refractivity contribution is -0.115. The fourth-order valence-corrected chi connectivity index (χ4v) is 5.06. The molecule has 1 aromatic heterocycles. The molecule has 7 nitrogen and oxygen atoms in total. The summed E-state index contributed by atoms with van der Waals surface area (Å²) in [7, 11) is -1.61. The van der Waals surface area contributed by atoms with Crippen LogP contribution < -0.4 is 5.32 Å². The van der Waals surface area contributed by atoms with E-state index >= 15 is 0 Å². The first kappa shape index (κ1) is 22.7. The van der Waals surface area contributed by atoms with Gasteiger partial charge in [0.25, 0.3) is 0 Å². The molecule has 30 heavy (non-hydrogen) atoms. The summed E-state index contributed by atoms with van der Waals surface area (Å²) in [5.41, 5.74) is 2.30. The first-order chi connectivity index (χ1) is 14.3. The van der Waals surface area contributed by atoms with Crippen molar-refractivity contribution in [1.29, 1.82) is 0 Å². The fourth-order valence-electron chi connectivity index (χ4n) is 2.58. The number of thioether (sulfide) groups is 1. The summed E-state index contributed by atoms with van der Waals surface area (Å²) < 4.78 is 35.3. The molecule has 0 atom stereocenters. The van der Waals surface area contributed by atoms with Crippen molar-refractivity contribution >= 4 is 54.7 Å². The van der Waals surface area contributed by atoms with Gasteiger partial charge in [0.05, 0.1) is 40.7 Å². The number of rotatable bonds is 10. The fraction of sp³-hybridized carbons (Fsp3) is 0.300. The Balaban J connectivity index is 1.58. The number of thiazole rings is 1. The van der Waals surface area contributed by atoms with Crippen LogP contribution in [0.4, 0.5) is 5.69 Å². The Morgan fingerprint density at radius 1 is 1.17 bits per heavy atom. The van der Waals surface area contributed by atoms with Gasteiger partial charge in [-0.1, -0.05) is 23.9 Å². The zero-order chi connectivity index (χ0) is 21.6. The molecule has 0 saturated heterocycles. The summed E-state index contributed by atoms with van der Waals surface area (Å²) in [4.78, 5) is 17.2. The molecule has 0 aliphatic rings. The molecule has 1 N–H and O–H groups in total. The van der Waals surface area contributed by atoms with Gasteiger partial charge in [0.2, 0.25) is 5.91 Å². The highest BCUT2D eigenvalue weighted by Crippen LogP contribution is 2.31. The van der Waals surface area contributed by atoms with Crippen LogP contribution >= 0.6 is 23.1 Å². The van der Waals surface area contributed by atoms with Crippen molar-refractivity contribution in [1.82, 2.24) is 4.98 Å². The van der Waals surface area contributed by atoms with E-state index in [0.29, 0.717) is 24.8 Å². The number of hydrogen-bond donors (Lipinski definition) is 1. The molecule has 0 bridgehead atoms. The Kier molecular flexibility index (Phi) is 7.84. The number of benzene rings is 2. The Morgan fingerprint density at radius 2 is 1.93 bits per heavy atom. The molecule has 0 aliphatic heterocycles. The lowest BCUT2D eigenvalue weighted by Gasteiger charge is -2.06. The molecule has 1 heterocycles. The number of fused-ring (bicyclic) bond motifs is 1. The second-order valence-electron chi connectivity index (χ2n) is 6.47. The van der Waals surface area contributed by atoms with E-state index in [-0.39, 0.29) is 17.2 Å². The number of nitrogens with zero attached hydrogens (tertiary/aromatic N) is 1. The zero-order valence-electron chi connectivity index (χ0n) is 16.6. The van der Waals surface area contributed by atoms with Crippen LogP contribution in [0.1, 0.15) is 5.56 Å². The number of amides is 1. The van der Waals surface area contributed by atoms with Crippen LogP contribution in [0, 0.1) is 0 Å². The number of carbonyl (C=O) groups is 1. The molecule has 3 aromatic rings. The van der Waals surface area contributed by atoms with Crippen LogP contribution in [0.15, 0.2) is 51.7 Å². The van der Waals surface area contributed by atoms with Crippen molar-refractivity contribution in [2.24, 2.45) is 0 Å². The first-order valence-electron chi connectivity index (χ1n) is 9.04. The Bertz CT molecular complexity index is 1110. The topological polar surface area (TPSA) is 94.6 Å². The highest BCUT2D eigenvalue weighted by Gasteiger charge is 2.10. The maximum Gasteiger partial charge on any atom is 0.228 e. The molecule has 160 valence electrons. The van der Waals surface area contributed by atoms with Gasteiger partial charge in [-0.25, -0.2) is 13.4 Å². The minimum atomic E-state index is -3.25. The summed E-state index contributed by atoms with van der Waals surface area (Å²) >= 11 is 3.06. The van der Waals surface area contributed by atoms with E-state index in [0.717, 1.165) is 26.4 Å². The molecule has 0 saturated carbocycles. The van der Waals surface area contributed by atoms with Crippen molar-refractivity contribution in [3.63, 3.8) is 0 Å². The third-order valence-electron chi connectivity index (χ3n) is 4.07. The number of sulfone groups is 1. The quantitative estimate of drug-likeness (QED) is 0.277. The van der Waals surface area contributed by atoms with Crippen LogP contribution in [-0.2, 0) is 30.5 Å². The molecule has 10 heteroatoms. The molecule has 1 amide bonds. The molecular formula is C20H22N2O5S3. The second-order valence-corrected chi connectivity index (χ2v) is 10.7. The maximum absolute atomic E-state index is 12.4. The average molecular weight is 467 g/mol. The van der Waals surface area contributed by atoms with Gasteiger partial charge in [-0.15, -0.1) is 11.3 Å². The molecule has 0 spiro atoms. The van der Waals surface area contributed by atoms with E-state index in [1.807, 2.05) is 18.2 Å². The van der Waals surface area contributed by atoms with Gasteiger partial charge in [0.15, 0.2) is 14.2 Å². The van der Waals surface area contributed by atoms with Crippen molar-refractivity contribution < 1.29 is 22.7 Å². The van der Waals surface area contributed by atoms with Gasteiger partial charge < -0.3 is 14.8 Å². The van der Waals surface area contributed by atoms with Crippen LogP contribution in [0.5, 0.6) is 0 Å². The van der Waals surface area contributed by atoms with Gasteiger partial charge in [-0.2, -0.15) is 0 Å². The zero-order valence-corrected chi connectivity index (χ0v) is 19.0. The van der Waals surface area contributed by atoms with E-state index < -0.39 is 9.84 Å². The molecule has 0 fully saturated rings. The van der Waals surface area contributed by atoms with Crippen molar-refractivity contribution in [3.8, 4) is 0 Å². The van der Waals surface area contributed by atoms with Crippen molar-refractivity contribution in [2.75, 3.05) is 37.8 Å². The molecule has 0 aliphatic carbocycles. The summed E-state index contributed by atoms with van der Waals surface area (Å²) in [6.45, 7) is 1.10. The number of methoxy groups -OCH3 is 1. The Morgan fingerprint density at radius 3 is 2.63 bits per heavy atom. The summed E-state index contributed by atoms with van der Waals surface area (Å²) in [6, 6.07) is 11.9. The number of hydrogen-bond acceptors (Lipinski definition) is 8. The highest BCUT2D eigenvalue weighted by molar-refractivity contribution is 8.01. The normalized spacial score (nSPS) is 11.7. The SMILES string of the molecule is COCCOCSc1nc2ccc(NC(=O)Cc3ccc(S(C)(=O)=O)cc3)cc2s1. The van der Waals surface area contributed by atoms with Gasteiger partial charge >= 0.3 is 0 Å². The van der Waals surface area contributed by atoms with E-state index in [9.17, 15) is 13.2 Å². The molecular weight excluding hydrogens is 444 g/mol. The monoisotopic (exact) mass is 466 g/mol. The lowest BCUT2D eigenvalue weighted by Crippen LogP contribution is -2.14. The largest absolute Gasteiger partial charge is 0.382 e. The predicted octanol–water partition coefficient (Wildman–Crippen LogP) is 3.59. The molecule has 0 radical (unpaired) electrons. The van der Waals surface area contributed by atoms with E-state index in [4.69, 9.17) is 9.47 Å². The number of ether oxygens (including phenoxy) is 2. The molecule has 3 rings (SSSR count). The Hall–Kier alpha value is -1.98. The summed E-state index contributed by atoms with van der Waals surface area (Å²) in [6.07, 6.45) is 1.31. The van der Waals surface area contributed by atoms with Crippen LogP contribution in [0.25, 0.3) is 10.2 Å². The summed E-state index contributed by atoms with van der Waals surface area (Å²) in [5, 5.41) is 2.88. The van der Waals surface area contributed by atoms with Crippen molar-refractivity contribution in [3.05, 3.63) is 48.0 Å². The van der Waals surface area contributed by atoms with Crippen molar-refractivity contribution in [2.45, 2.75) is 15.7 Å². The number of anilines is 1. The first-order valence-corrected chi connectivity index (χ1v) is 12.7. The average Bonchev–Trinajstić information content (AvgIpc) is 3.09. The van der Waals surface area contributed by atoms with E-state index in [1.54, 1.807) is 30.6 Å². The van der Waals surface area contributed by atoms with Gasteiger partial charge in [-0.3, -0.25) is 4.79 Å². The van der Waals surface area contributed by atoms with Crippen LogP contribution in [0.3, 0.4) is 0 Å². The predicted molar refractivity (Wildman–Crippen MR) is 120 cm³/mol. The lowest BCUT2D eigenvalue weighted by atomic mass is 10.1. The standard InChI is InChI=1S/C20H22N2O5S3/c1-26-9-10-27-13-28-20-22-17-8-5-15(12-18(17)29-20)21-19(23)11-14-3-6-16(7-4-14)30(2,24)25/h3-8,12H,9-11,13H2,1-2H3,(H,21,23). The minimum Gasteiger partial charge on any atom is -0.382 e. The molecule has 2 aromatic carbocycles. The third-order valence-corrected chi connectivity index (χ3v) is 7.23. The highest BCUT2D eigenvalue weighted by atomic mass is 32.2. The smallest absolute Gasteiger partial charge is 0.228 e. The number of aromatic nitrogens is 1. The number of carbonyl (C=O) groups excluding carboxylic acids is 1. The van der Waals surface area contributed by atoms with Crippen LogP contribution in [0.2, 0.25) is 0 Å². The van der Waals surface area contributed by atoms with Gasteiger partial charge in [0, 0.05) is 19.1 Å². The minimum absolute atomic E-state index is 0.157. The van der Waals surface area contributed by atoms with E-state index in [2.05, 4.69) is 10.3 Å². The maximum atomic E-state index is 12.4. The van der Waals surface area contributed by atoms with E-state index in [1.165, 1.54) is 23.9 Å². The molecule has 0 unspecified atom stereocenters. The van der Waals surface area contributed by atoms with Crippen LogP contribution in [-0.4, -0.2) is 51.8 Å². The van der Waals surface area contributed by atoms with Gasteiger partial charge in [0.1, 0.15) is 0 Å². The second kappa shape index (κ2) is 10.4.